The van der Waals surface area contributed by atoms with Crippen molar-refractivity contribution >= 4 is 70.0 Å². The minimum absolute atomic E-state index is 0.0172. The van der Waals surface area contributed by atoms with Gasteiger partial charge in [0.05, 0.1) is 32.3 Å². The number of pyridine rings is 1. The molecule has 4 aromatic rings. The molecular formula is C34H32ClFN3O10S2-. The van der Waals surface area contributed by atoms with Gasteiger partial charge in [0.2, 0.25) is 17.1 Å². The van der Waals surface area contributed by atoms with Gasteiger partial charge >= 0.3 is 0 Å². The van der Waals surface area contributed by atoms with Gasteiger partial charge < -0.3 is 19.8 Å². The number of aryl methyl sites for hydroxylation is 4. The van der Waals surface area contributed by atoms with Crippen LogP contribution in [0.3, 0.4) is 0 Å². The van der Waals surface area contributed by atoms with E-state index in [1.54, 1.807) is 38.1 Å². The van der Waals surface area contributed by atoms with Crippen molar-refractivity contribution in [1.29, 1.82) is 0 Å². The quantitative estimate of drug-likeness (QED) is 0.0867. The summed E-state index contributed by atoms with van der Waals surface area (Å²) in [5.41, 5.74) is 4.01. The first-order valence-electron chi connectivity index (χ1n) is 15.2. The number of aromatic nitrogens is 1. The lowest BCUT2D eigenvalue weighted by Gasteiger charge is -2.33. The number of carboxylic acid groups (broad SMARTS) is 1. The zero-order chi connectivity index (χ0) is 38.2. The van der Waals surface area contributed by atoms with E-state index in [1.807, 2.05) is 43.7 Å². The molecular weight excluding hydrogens is 729 g/mol. The topological polar surface area (TPSA) is 208 Å². The van der Waals surface area contributed by atoms with Crippen LogP contribution in [0.25, 0.3) is 16.5 Å². The van der Waals surface area contributed by atoms with Crippen LogP contribution in [-0.2, 0) is 37.8 Å². The highest BCUT2D eigenvalue weighted by Gasteiger charge is 2.40. The lowest BCUT2D eigenvalue weighted by Crippen LogP contribution is -2.42. The Morgan fingerprint density at radius 1 is 1.04 bits per heavy atom. The van der Waals surface area contributed by atoms with Gasteiger partial charge in [-0.05, 0) is 80.0 Å². The van der Waals surface area contributed by atoms with E-state index in [0.29, 0.717) is 50.1 Å². The fourth-order valence-corrected chi connectivity index (χ4v) is 7.35. The number of allylic oxidation sites excluding steroid dienone is 1. The number of para-hydroxylation sites is 1. The van der Waals surface area contributed by atoms with Crippen molar-refractivity contribution in [1.82, 2.24) is 0 Å². The summed E-state index contributed by atoms with van der Waals surface area (Å²) < 4.78 is 60.9. The Labute approximate surface area is 298 Å². The van der Waals surface area contributed by atoms with E-state index in [2.05, 4.69) is 5.32 Å². The molecule has 0 radical (unpaired) electrons. The van der Waals surface area contributed by atoms with Crippen molar-refractivity contribution in [3.8, 4) is 0 Å². The van der Waals surface area contributed by atoms with Crippen LogP contribution in [0.15, 0.2) is 65.6 Å². The average Bonchev–Trinajstić information content (AvgIpc) is 3.00. The molecule has 0 fully saturated rings. The van der Waals surface area contributed by atoms with Crippen LogP contribution in [0.4, 0.5) is 15.3 Å². The molecule has 0 spiro atoms. The van der Waals surface area contributed by atoms with E-state index >= 15 is 0 Å². The lowest BCUT2D eigenvalue weighted by molar-refractivity contribution is -0.647. The number of fused-ring (bicyclic) bond motifs is 2. The van der Waals surface area contributed by atoms with E-state index in [4.69, 9.17) is 23.7 Å². The smallest absolute Gasteiger partial charge is 0.277 e. The van der Waals surface area contributed by atoms with Crippen molar-refractivity contribution in [3.63, 3.8) is 0 Å². The number of rotatable bonds is 8. The maximum Gasteiger partial charge on any atom is 0.277 e. The number of benzene rings is 3. The number of nitro benzene ring substituents is 1. The Bertz CT molecular complexity index is 2350. The molecule has 1 heterocycles. The molecule has 13 nitrogen and oxygen atoms in total. The second-order valence-electron chi connectivity index (χ2n) is 12.5. The first kappa shape index (κ1) is 39.0. The number of aromatic carboxylic acids is 1. The summed E-state index contributed by atoms with van der Waals surface area (Å²) in [5.74, 6) is -1.69. The minimum atomic E-state index is -5.42. The zero-order valence-corrected chi connectivity index (χ0v) is 30.3. The summed E-state index contributed by atoms with van der Waals surface area (Å²) in [5, 5.41) is 28.3. The summed E-state index contributed by atoms with van der Waals surface area (Å²) in [4.78, 5) is 37.7. The Morgan fingerprint density at radius 3 is 2.18 bits per heavy atom. The lowest BCUT2D eigenvalue weighted by atomic mass is 9.70. The Morgan fingerprint density at radius 2 is 1.63 bits per heavy atom. The predicted octanol–water partition coefficient (Wildman–Crippen LogP) is 4.62. The number of anilines is 1. The third kappa shape index (κ3) is 8.94. The molecule has 0 saturated carbocycles. The molecule has 1 unspecified atom stereocenters. The number of amides is 1. The molecule has 1 aliphatic rings. The Kier molecular flexibility index (Phi) is 11.1. The summed E-state index contributed by atoms with van der Waals surface area (Å²) in [7, 11) is -2.05. The number of halogens is 2. The fourth-order valence-electron chi connectivity index (χ4n) is 6.44. The molecule has 1 atom stereocenters. The van der Waals surface area contributed by atoms with Gasteiger partial charge in [0.15, 0.2) is 0 Å². The SMILES string of the molecule is Cc1ccc2c(C(=O)[O-])c3c([n+](C)c2c1)C(c1ccccc1[N+](=O)[O-])=CC(C)(CCC(=O)Nc1c(C)cc(S(=O)(=O)Cl)cc1C)C3.O=S(=O)([O-])F. The average molecular weight is 761 g/mol. The summed E-state index contributed by atoms with van der Waals surface area (Å²) in [6, 6.07) is 14.5. The molecule has 1 amide bonds. The molecule has 1 aromatic heterocycles. The first-order chi connectivity index (χ1) is 23.5. The van der Waals surface area contributed by atoms with Gasteiger partial charge in [-0.3, -0.25) is 14.9 Å². The monoisotopic (exact) mass is 760 g/mol. The molecule has 3 aromatic carbocycles. The maximum absolute atomic E-state index is 13.3. The van der Waals surface area contributed by atoms with Crippen LogP contribution in [-0.4, -0.2) is 38.2 Å². The summed E-state index contributed by atoms with van der Waals surface area (Å²) in [6.45, 7) is 7.13. The molecule has 0 aliphatic heterocycles. The van der Waals surface area contributed by atoms with Gasteiger partial charge in [-0.25, -0.2) is 16.8 Å². The van der Waals surface area contributed by atoms with Crippen molar-refractivity contribution in [3.05, 3.63) is 110 Å². The highest BCUT2D eigenvalue weighted by atomic mass is 35.7. The van der Waals surface area contributed by atoms with Gasteiger partial charge in [0.25, 0.3) is 25.2 Å². The van der Waals surface area contributed by atoms with Crippen LogP contribution in [0.2, 0.25) is 0 Å². The Hall–Kier alpha value is -4.77. The second kappa shape index (κ2) is 14.5. The zero-order valence-electron chi connectivity index (χ0n) is 27.9. The molecule has 0 bridgehead atoms. The highest BCUT2D eigenvalue weighted by Crippen LogP contribution is 2.45. The van der Waals surface area contributed by atoms with Crippen molar-refractivity contribution in [2.24, 2.45) is 12.5 Å². The number of hydrogen-bond acceptors (Lipinski definition) is 10. The molecule has 51 heavy (non-hydrogen) atoms. The summed E-state index contributed by atoms with van der Waals surface area (Å²) in [6.07, 6.45) is 2.45. The number of nitro groups is 1. The van der Waals surface area contributed by atoms with Crippen LogP contribution >= 0.6 is 10.7 Å². The van der Waals surface area contributed by atoms with Gasteiger partial charge in [-0.15, -0.1) is 3.89 Å². The number of carbonyl (C=O) groups is 2. The van der Waals surface area contributed by atoms with Crippen molar-refractivity contribution in [2.75, 3.05) is 5.32 Å². The number of carboxylic acids is 1. The third-order valence-corrected chi connectivity index (χ3v) is 9.94. The van der Waals surface area contributed by atoms with Gasteiger partial charge in [-0.1, -0.05) is 31.2 Å². The molecule has 1 N–H and O–H groups in total. The number of nitrogens with zero attached hydrogens (tertiary/aromatic N) is 2. The number of nitrogens with one attached hydrogen (secondary N) is 1. The normalized spacial score (nSPS) is 15.6. The fraction of sp³-hybridized carbons (Fsp3) is 0.265. The maximum atomic E-state index is 13.3. The molecule has 270 valence electrons. The Balaban J connectivity index is 0.00000109. The number of hydrogen-bond donors (Lipinski definition) is 1. The van der Waals surface area contributed by atoms with E-state index in [1.165, 1.54) is 18.2 Å². The van der Waals surface area contributed by atoms with Crippen molar-refractivity contribution in [2.45, 2.75) is 51.9 Å². The van der Waals surface area contributed by atoms with Crippen LogP contribution in [0.5, 0.6) is 0 Å². The predicted molar refractivity (Wildman–Crippen MR) is 184 cm³/mol. The largest absolute Gasteiger partial charge is 0.722 e. The number of carbonyl (C=O) groups excluding carboxylic acids is 2. The van der Waals surface area contributed by atoms with E-state index in [-0.39, 0.29) is 41.3 Å². The molecule has 1 aliphatic carbocycles. The highest BCUT2D eigenvalue weighted by molar-refractivity contribution is 8.13. The van der Waals surface area contributed by atoms with E-state index < -0.39 is 35.9 Å². The van der Waals surface area contributed by atoms with Crippen molar-refractivity contribution < 1.29 is 49.5 Å². The van der Waals surface area contributed by atoms with Crippen LogP contribution in [0, 0.1) is 36.3 Å². The van der Waals surface area contributed by atoms with Gasteiger partial charge in [-0.2, -0.15) is 4.57 Å². The first-order valence-corrected chi connectivity index (χ1v) is 18.8. The minimum Gasteiger partial charge on any atom is -0.722 e. The molecule has 0 saturated heterocycles. The van der Waals surface area contributed by atoms with E-state index in [0.717, 1.165) is 5.56 Å². The second-order valence-corrected chi connectivity index (χ2v) is 15.9. The van der Waals surface area contributed by atoms with Crippen LogP contribution in [0.1, 0.15) is 63.6 Å². The van der Waals surface area contributed by atoms with E-state index in [9.17, 15) is 37.1 Å². The molecule has 5 rings (SSSR count). The van der Waals surface area contributed by atoms with Gasteiger partial charge in [0.1, 0.15) is 7.05 Å². The van der Waals surface area contributed by atoms with Crippen LogP contribution < -0.4 is 15.0 Å². The standard InChI is InChI=1S/C34H32ClN3O7S.FHO3S/c1-19-10-11-24-28(14-19)37(5)32-25(23-8-6-7-9-27(23)38(42)43)17-34(4,18-26(32)30(24)33(40)41)13-12-29(39)36-31-20(2)15-22(16-21(31)3)46(35,44)45;1-5(2,3)4/h6-11,14-17H,12-13,18H2,1-5H3,(H-,36,39,40,41);(H,2,3,4)/p-1. The third-order valence-electron chi connectivity index (χ3n) is 8.61. The molecule has 17 heteroatoms. The summed E-state index contributed by atoms with van der Waals surface area (Å²) >= 11 is 0. The van der Waals surface area contributed by atoms with Gasteiger partial charge in [0, 0.05) is 46.1 Å².